The number of hydrogen-bond donors (Lipinski definition) is 1. The Balaban J connectivity index is 2.46. The van der Waals surface area contributed by atoms with E-state index in [9.17, 15) is 4.79 Å². The number of carbonyl (C=O) groups is 1. The molecule has 0 unspecified atom stereocenters. The highest BCUT2D eigenvalue weighted by atomic mass is 32.1. The quantitative estimate of drug-likeness (QED) is 0.719. The minimum Gasteiger partial charge on any atom is -0.476 e. The van der Waals surface area contributed by atoms with E-state index in [0.29, 0.717) is 13.2 Å². The summed E-state index contributed by atoms with van der Waals surface area (Å²) in [5.74, 6) is -0.960. The molecule has 5 nitrogen and oxygen atoms in total. The number of nitrogens with zero attached hydrogens (tertiary/aromatic N) is 2. The maximum atomic E-state index is 10.7. The van der Waals surface area contributed by atoms with Gasteiger partial charge in [0.15, 0.2) is 0 Å². The second-order valence-electron chi connectivity index (χ2n) is 3.51. The van der Waals surface area contributed by atoms with Gasteiger partial charge < -0.3 is 9.84 Å². The molecule has 0 saturated heterocycles. The molecule has 0 fully saturated rings. The van der Waals surface area contributed by atoms with E-state index >= 15 is 0 Å². The van der Waals surface area contributed by atoms with Gasteiger partial charge in [0.2, 0.25) is 5.01 Å². The van der Waals surface area contributed by atoms with Crippen LogP contribution < -0.4 is 0 Å². The zero-order valence-electron chi connectivity index (χ0n) is 10.2. The van der Waals surface area contributed by atoms with Crippen LogP contribution in [0.2, 0.25) is 0 Å². The maximum Gasteiger partial charge on any atom is 0.365 e. The van der Waals surface area contributed by atoms with Crippen LogP contribution in [0.5, 0.6) is 0 Å². The number of rotatable bonds is 8. The normalized spacial score (nSPS) is 11.0. The maximum absolute atomic E-state index is 10.7. The predicted octanol–water partition coefficient (Wildman–Crippen LogP) is 1.70. The van der Waals surface area contributed by atoms with Crippen LogP contribution in [0.25, 0.3) is 0 Å². The fourth-order valence-corrected chi connectivity index (χ4v) is 2.04. The first kappa shape index (κ1) is 14.1. The summed E-state index contributed by atoms with van der Waals surface area (Å²) >= 11 is 1.17. The molecule has 0 amide bonds. The van der Waals surface area contributed by atoms with Crippen molar-refractivity contribution in [3.8, 4) is 0 Å². The Morgan fingerprint density at radius 1 is 1.59 bits per heavy atom. The van der Waals surface area contributed by atoms with Gasteiger partial charge in [-0.05, 0) is 13.5 Å². The molecule has 1 rings (SSSR count). The van der Waals surface area contributed by atoms with Gasteiger partial charge in [-0.3, -0.25) is 4.90 Å². The van der Waals surface area contributed by atoms with Crippen molar-refractivity contribution in [1.29, 1.82) is 0 Å². The van der Waals surface area contributed by atoms with Crippen LogP contribution in [-0.2, 0) is 11.3 Å². The van der Waals surface area contributed by atoms with Crippen molar-refractivity contribution in [2.24, 2.45) is 0 Å². The van der Waals surface area contributed by atoms with Gasteiger partial charge in [-0.15, -0.1) is 11.3 Å². The standard InChI is InChI=1S/C11H18N2O3S/c1-3-13(5-6-16-4-2)7-9-8-17-10(12-9)11(14)15/h8H,3-7H2,1-2H3,(H,14,15). The minimum atomic E-state index is -0.960. The molecule has 0 aliphatic carbocycles. The zero-order chi connectivity index (χ0) is 12.7. The third-order valence-electron chi connectivity index (χ3n) is 2.32. The molecule has 0 aromatic carbocycles. The molecule has 0 spiro atoms. The van der Waals surface area contributed by atoms with Crippen LogP contribution in [0.1, 0.15) is 29.3 Å². The van der Waals surface area contributed by atoms with E-state index in [-0.39, 0.29) is 5.01 Å². The van der Waals surface area contributed by atoms with Crippen molar-refractivity contribution in [3.63, 3.8) is 0 Å². The van der Waals surface area contributed by atoms with E-state index in [1.165, 1.54) is 11.3 Å². The predicted molar refractivity (Wildman–Crippen MR) is 66.5 cm³/mol. The molecule has 1 aromatic heterocycles. The monoisotopic (exact) mass is 258 g/mol. The molecule has 1 heterocycles. The van der Waals surface area contributed by atoms with E-state index in [4.69, 9.17) is 9.84 Å². The first-order chi connectivity index (χ1) is 8.17. The first-order valence-electron chi connectivity index (χ1n) is 5.65. The topological polar surface area (TPSA) is 62.7 Å². The highest BCUT2D eigenvalue weighted by molar-refractivity contribution is 7.11. The second kappa shape index (κ2) is 7.37. The fourth-order valence-electron chi connectivity index (χ4n) is 1.39. The van der Waals surface area contributed by atoms with Crippen molar-refractivity contribution in [3.05, 3.63) is 16.1 Å². The summed E-state index contributed by atoms with van der Waals surface area (Å²) in [7, 11) is 0. The third-order valence-corrected chi connectivity index (χ3v) is 3.20. The van der Waals surface area contributed by atoms with Crippen molar-refractivity contribution in [2.75, 3.05) is 26.3 Å². The van der Waals surface area contributed by atoms with Gasteiger partial charge in [0, 0.05) is 25.1 Å². The summed E-state index contributed by atoms with van der Waals surface area (Å²) in [6.45, 7) is 7.86. The molecule has 0 radical (unpaired) electrons. The Morgan fingerprint density at radius 3 is 2.88 bits per heavy atom. The molecule has 0 aliphatic rings. The van der Waals surface area contributed by atoms with Crippen LogP contribution in [-0.4, -0.2) is 47.3 Å². The SMILES string of the molecule is CCOCCN(CC)Cc1csc(C(=O)O)n1. The molecule has 96 valence electrons. The molecule has 0 atom stereocenters. The van der Waals surface area contributed by atoms with E-state index in [0.717, 1.165) is 25.4 Å². The lowest BCUT2D eigenvalue weighted by Gasteiger charge is -2.18. The number of carboxylic acids is 1. The number of hydrogen-bond acceptors (Lipinski definition) is 5. The number of ether oxygens (including phenoxy) is 1. The third kappa shape index (κ3) is 4.80. The lowest BCUT2D eigenvalue weighted by Crippen LogP contribution is -2.27. The van der Waals surface area contributed by atoms with Crippen molar-refractivity contribution in [2.45, 2.75) is 20.4 Å². The largest absolute Gasteiger partial charge is 0.476 e. The lowest BCUT2D eigenvalue weighted by molar-refractivity contribution is 0.0695. The average molecular weight is 258 g/mol. The Kier molecular flexibility index (Phi) is 6.10. The molecule has 17 heavy (non-hydrogen) atoms. The molecular formula is C11H18N2O3S. The molecule has 1 N–H and O–H groups in total. The summed E-state index contributed by atoms with van der Waals surface area (Å²) in [5, 5.41) is 10.7. The highest BCUT2D eigenvalue weighted by Crippen LogP contribution is 2.11. The zero-order valence-corrected chi connectivity index (χ0v) is 11.0. The number of thiazole rings is 1. The highest BCUT2D eigenvalue weighted by Gasteiger charge is 2.11. The van der Waals surface area contributed by atoms with Crippen molar-refractivity contribution >= 4 is 17.3 Å². The van der Waals surface area contributed by atoms with Gasteiger partial charge >= 0.3 is 5.97 Å². The summed E-state index contributed by atoms with van der Waals surface area (Å²) < 4.78 is 5.29. The fraction of sp³-hybridized carbons (Fsp3) is 0.636. The molecule has 0 bridgehead atoms. The molecular weight excluding hydrogens is 240 g/mol. The molecule has 6 heteroatoms. The number of carboxylic acid groups (broad SMARTS) is 1. The van der Waals surface area contributed by atoms with Crippen molar-refractivity contribution < 1.29 is 14.6 Å². The Labute approximate surface area is 105 Å². The number of aromatic nitrogens is 1. The second-order valence-corrected chi connectivity index (χ2v) is 4.37. The Hall–Kier alpha value is -0.980. The molecule has 0 aliphatic heterocycles. The number of likely N-dealkylation sites (N-methyl/N-ethyl adjacent to an activating group) is 1. The van der Waals surface area contributed by atoms with Gasteiger partial charge in [-0.1, -0.05) is 6.92 Å². The van der Waals surface area contributed by atoms with Crippen LogP contribution in [0.4, 0.5) is 0 Å². The average Bonchev–Trinajstić information content (AvgIpc) is 2.76. The summed E-state index contributed by atoms with van der Waals surface area (Å²) in [6, 6.07) is 0. The van der Waals surface area contributed by atoms with Gasteiger partial charge in [0.25, 0.3) is 0 Å². The van der Waals surface area contributed by atoms with E-state index in [2.05, 4.69) is 16.8 Å². The minimum absolute atomic E-state index is 0.154. The van der Waals surface area contributed by atoms with Crippen LogP contribution in [0, 0.1) is 0 Å². The Morgan fingerprint density at radius 2 is 2.35 bits per heavy atom. The van der Waals surface area contributed by atoms with Crippen molar-refractivity contribution in [1.82, 2.24) is 9.88 Å². The first-order valence-corrected chi connectivity index (χ1v) is 6.53. The number of aromatic carboxylic acids is 1. The van der Waals surface area contributed by atoms with Crippen LogP contribution in [0.15, 0.2) is 5.38 Å². The lowest BCUT2D eigenvalue weighted by atomic mass is 10.4. The summed E-state index contributed by atoms with van der Waals surface area (Å²) in [5.41, 5.74) is 0.811. The van der Waals surface area contributed by atoms with Gasteiger partial charge in [0.05, 0.1) is 12.3 Å². The molecule has 0 saturated carbocycles. The summed E-state index contributed by atoms with van der Waals surface area (Å²) in [4.78, 5) is 16.9. The van der Waals surface area contributed by atoms with E-state index in [1.807, 2.05) is 6.92 Å². The van der Waals surface area contributed by atoms with Crippen LogP contribution >= 0.6 is 11.3 Å². The van der Waals surface area contributed by atoms with Gasteiger partial charge in [-0.2, -0.15) is 0 Å². The van der Waals surface area contributed by atoms with Gasteiger partial charge in [0.1, 0.15) is 0 Å². The van der Waals surface area contributed by atoms with Crippen LogP contribution in [0.3, 0.4) is 0 Å². The smallest absolute Gasteiger partial charge is 0.365 e. The van der Waals surface area contributed by atoms with E-state index in [1.54, 1.807) is 5.38 Å². The Bertz CT molecular complexity index is 354. The summed E-state index contributed by atoms with van der Waals surface area (Å²) in [6.07, 6.45) is 0. The molecule has 1 aromatic rings. The van der Waals surface area contributed by atoms with Gasteiger partial charge in [-0.25, -0.2) is 9.78 Å². The van der Waals surface area contributed by atoms with E-state index < -0.39 is 5.97 Å².